The Balaban J connectivity index is 2.69. The van der Waals surface area contributed by atoms with Gasteiger partial charge in [-0.1, -0.05) is 13.8 Å². The van der Waals surface area contributed by atoms with Gasteiger partial charge in [0.25, 0.3) is 0 Å². The normalized spacial score (nSPS) is 22.0. The zero-order chi connectivity index (χ0) is 15.6. The summed E-state index contributed by atoms with van der Waals surface area (Å²) in [6, 6.07) is 0.425. The van der Waals surface area contributed by atoms with E-state index < -0.39 is 17.5 Å². The molecule has 1 atom stereocenters. The van der Waals surface area contributed by atoms with Crippen LogP contribution in [0.3, 0.4) is 0 Å². The molecule has 20 heavy (non-hydrogen) atoms. The third kappa shape index (κ3) is 3.96. The van der Waals surface area contributed by atoms with E-state index in [-0.39, 0.29) is 12.2 Å². The summed E-state index contributed by atoms with van der Waals surface area (Å²) >= 11 is 0. The van der Waals surface area contributed by atoms with Crippen molar-refractivity contribution in [2.24, 2.45) is 11.3 Å². The number of alkyl halides is 3. The second-order valence-corrected chi connectivity index (χ2v) is 6.33. The molecular weight excluding hydrogens is 267 g/mol. The molecule has 1 aliphatic heterocycles. The van der Waals surface area contributed by atoms with E-state index in [9.17, 15) is 18.0 Å². The molecule has 1 rings (SSSR count). The van der Waals surface area contributed by atoms with Gasteiger partial charge in [-0.3, -0.25) is 4.79 Å². The van der Waals surface area contributed by atoms with E-state index in [1.807, 2.05) is 6.92 Å². The van der Waals surface area contributed by atoms with Crippen molar-refractivity contribution in [3.05, 3.63) is 0 Å². The van der Waals surface area contributed by atoms with E-state index in [1.165, 1.54) is 0 Å². The summed E-state index contributed by atoms with van der Waals surface area (Å²) in [5.41, 5.74) is -0.537. The number of halogens is 3. The van der Waals surface area contributed by atoms with Crippen LogP contribution in [0.4, 0.5) is 13.2 Å². The van der Waals surface area contributed by atoms with E-state index in [4.69, 9.17) is 0 Å². The van der Waals surface area contributed by atoms with Crippen molar-refractivity contribution in [1.29, 1.82) is 0 Å². The van der Waals surface area contributed by atoms with Gasteiger partial charge >= 0.3 is 6.18 Å². The Labute approximate surface area is 119 Å². The van der Waals surface area contributed by atoms with Crippen LogP contribution >= 0.6 is 0 Å². The zero-order valence-electron chi connectivity index (χ0n) is 12.9. The molecule has 0 saturated carbocycles. The smallest absolute Gasteiger partial charge is 0.301 e. The Bertz CT molecular complexity index is 331. The molecule has 1 unspecified atom stereocenters. The SMILES string of the molecule is CCC1(C(=O)CC(C)C(F)(F)F)CCN(C(C)C)CC1. The molecule has 0 radical (unpaired) electrons. The summed E-state index contributed by atoms with van der Waals surface area (Å²) in [5, 5.41) is 0. The molecule has 0 aromatic rings. The van der Waals surface area contributed by atoms with Gasteiger partial charge in [0.2, 0.25) is 0 Å². The van der Waals surface area contributed by atoms with Crippen molar-refractivity contribution in [1.82, 2.24) is 4.90 Å². The quantitative estimate of drug-likeness (QED) is 0.762. The number of rotatable bonds is 5. The fourth-order valence-corrected chi connectivity index (χ4v) is 2.91. The van der Waals surface area contributed by atoms with E-state index in [2.05, 4.69) is 18.7 Å². The Kier molecular flexibility index (Phi) is 5.64. The number of Topliss-reactive ketones (excluding diaryl/α,β-unsaturated/α-hetero) is 1. The van der Waals surface area contributed by atoms with Crippen molar-refractivity contribution >= 4 is 5.78 Å². The number of ketones is 1. The standard InChI is InChI=1S/C15H26F3NO/c1-5-14(6-8-19(9-7-14)11(2)3)13(20)10-12(4)15(16,17)18/h11-12H,5-10H2,1-4H3. The predicted octanol–water partition coefficient (Wildman–Crippen LogP) is 4.04. The average Bonchev–Trinajstić information content (AvgIpc) is 2.37. The van der Waals surface area contributed by atoms with Gasteiger partial charge in [-0.25, -0.2) is 0 Å². The van der Waals surface area contributed by atoms with Crippen LogP contribution in [0, 0.1) is 11.3 Å². The van der Waals surface area contributed by atoms with Gasteiger partial charge in [0.15, 0.2) is 0 Å². The van der Waals surface area contributed by atoms with Crippen LogP contribution in [-0.2, 0) is 4.79 Å². The maximum atomic E-state index is 12.6. The third-order valence-electron chi connectivity index (χ3n) is 4.80. The number of likely N-dealkylation sites (tertiary alicyclic amines) is 1. The molecule has 1 fully saturated rings. The minimum absolute atomic E-state index is 0.201. The van der Waals surface area contributed by atoms with Crippen molar-refractivity contribution in [2.45, 2.75) is 65.6 Å². The fourth-order valence-electron chi connectivity index (χ4n) is 2.91. The summed E-state index contributed by atoms with van der Waals surface area (Å²) in [6.07, 6.45) is -2.64. The van der Waals surface area contributed by atoms with Gasteiger partial charge in [-0.15, -0.1) is 0 Å². The minimum atomic E-state index is -4.27. The fraction of sp³-hybridized carbons (Fsp3) is 0.933. The van der Waals surface area contributed by atoms with Gasteiger partial charge in [0.1, 0.15) is 5.78 Å². The van der Waals surface area contributed by atoms with E-state index >= 15 is 0 Å². The van der Waals surface area contributed by atoms with Crippen LogP contribution in [0.1, 0.15) is 53.4 Å². The lowest BCUT2D eigenvalue weighted by molar-refractivity contribution is -0.176. The van der Waals surface area contributed by atoms with Crippen molar-refractivity contribution in [3.63, 3.8) is 0 Å². The molecule has 0 amide bonds. The molecule has 0 aromatic carbocycles. The molecule has 1 heterocycles. The number of hydrogen-bond acceptors (Lipinski definition) is 2. The van der Waals surface area contributed by atoms with Gasteiger partial charge in [-0.2, -0.15) is 13.2 Å². The average molecular weight is 293 g/mol. The van der Waals surface area contributed by atoms with Crippen LogP contribution in [0.5, 0.6) is 0 Å². The summed E-state index contributed by atoms with van der Waals surface area (Å²) in [6.45, 7) is 8.83. The number of nitrogens with zero attached hydrogens (tertiary/aromatic N) is 1. The number of piperidine rings is 1. The Morgan fingerprint density at radius 3 is 2.05 bits per heavy atom. The molecule has 0 bridgehead atoms. The molecule has 118 valence electrons. The lowest BCUT2D eigenvalue weighted by atomic mass is 9.70. The van der Waals surface area contributed by atoms with Crippen LogP contribution in [-0.4, -0.2) is 36.0 Å². The summed E-state index contributed by atoms with van der Waals surface area (Å²) in [4.78, 5) is 14.7. The lowest BCUT2D eigenvalue weighted by Gasteiger charge is -2.42. The van der Waals surface area contributed by atoms with Gasteiger partial charge in [0, 0.05) is 17.9 Å². The second kappa shape index (κ2) is 6.46. The monoisotopic (exact) mass is 293 g/mol. The number of hydrogen-bond donors (Lipinski definition) is 0. The molecular formula is C15H26F3NO. The molecule has 1 aliphatic rings. The Morgan fingerprint density at radius 2 is 1.70 bits per heavy atom. The van der Waals surface area contributed by atoms with E-state index in [0.29, 0.717) is 25.3 Å². The third-order valence-corrected chi connectivity index (χ3v) is 4.80. The molecule has 2 nitrogen and oxygen atoms in total. The maximum absolute atomic E-state index is 12.6. The zero-order valence-corrected chi connectivity index (χ0v) is 12.9. The molecule has 5 heteroatoms. The number of carbonyl (C=O) groups is 1. The van der Waals surface area contributed by atoms with Gasteiger partial charge in [0.05, 0.1) is 5.92 Å². The highest BCUT2D eigenvalue weighted by molar-refractivity contribution is 5.85. The van der Waals surface area contributed by atoms with E-state index in [0.717, 1.165) is 20.0 Å². The molecule has 0 N–H and O–H groups in total. The largest absolute Gasteiger partial charge is 0.391 e. The van der Waals surface area contributed by atoms with Crippen LogP contribution in [0.2, 0.25) is 0 Å². The number of carbonyl (C=O) groups excluding carboxylic acids is 1. The molecule has 0 aliphatic carbocycles. The Hall–Kier alpha value is -0.580. The topological polar surface area (TPSA) is 20.3 Å². The van der Waals surface area contributed by atoms with Crippen LogP contribution in [0.15, 0.2) is 0 Å². The predicted molar refractivity (Wildman–Crippen MR) is 73.5 cm³/mol. The van der Waals surface area contributed by atoms with Crippen molar-refractivity contribution in [2.75, 3.05) is 13.1 Å². The van der Waals surface area contributed by atoms with Crippen LogP contribution < -0.4 is 0 Å². The highest BCUT2D eigenvalue weighted by Crippen LogP contribution is 2.40. The van der Waals surface area contributed by atoms with E-state index in [1.54, 1.807) is 0 Å². The second-order valence-electron chi connectivity index (χ2n) is 6.33. The molecule has 0 spiro atoms. The summed E-state index contributed by atoms with van der Waals surface area (Å²) in [5.74, 6) is -1.74. The highest BCUT2D eigenvalue weighted by Gasteiger charge is 2.44. The van der Waals surface area contributed by atoms with Crippen molar-refractivity contribution < 1.29 is 18.0 Å². The summed E-state index contributed by atoms with van der Waals surface area (Å²) < 4.78 is 37.8. The first-order chi connectivity index (χ1) is 9.12. The van der Waals surface area contributed by atoms with Crippen LogP contribution in [0.25, 0.3) is 0 Å². The van der Waals surface area contributed by atoms with Crippen molar-refractivity contribution in [3.8, 4) is 0 Å². The first kappa shape index (κ1) is 17.5. The maximum Gasteiger partial charge on any atom is 0.391 e. The summed E-state index contributed by atoms with van der Waals surface area (Å²) in [7, 11) is 0. The van der Waals surface area contributed by atoms with Gasteiger partial charge in [-0.05, 0) is 46.2 Å². The van der Waals surface area contributed by atoms with Gasteiger partial charge < -0.3 is 4.90 Å². The first-order valence-corrected chi connectivity index (χ1v) is 7.46. The molecule has 0 aromatic heterocycles. The lowest BCUT2D eigenvalue weighted by Crippen LogP contribution is -2.47. The highest BCUT2D eigenvalue weighted by atomic mass is 19.4. The first-order valence-electron chi connectivity index (χ1n) is 7.46. The molecule has 1 saturated heterocycles. The Morgan fingerprint density at radius 1 is 1.20 bits per heavy atom. The minimum Gasteiger partial charge on any atom is -0.301 e.